The molecule has 0 fully saturated rings. The number of ether oxygens (including phenoxy) is 1. The predicted molar refractivity (Wildman–Crippen MR) is 68.8 cm³/mol. The molecule has 17 heavy (non-hydrogen) atoms. The molecule has 0 aromatic heterocycles. The highest BCUT2D eigenvalue weighted by Crippen LogP contribution is 2.14. The Morgan fingerprint density at radius 3 is 2.35 bits per heavy atom. The van der Waals surface area contributed by atoms with Gasteiger partial charge in [-0.1, -0.05) is 12.1 Å². The Hall–Kier alpha value is -1.07. The third-order valence-electron chi connectivity index (χ3n) is 2.43. The van der Waals surface area contributed by atoms with Gasteiger partial charge in [0.25, 0.3) is 0 Å². The summed E-state index contributed by atoms with van der Waals surface area (Å²) in [6.07, 6.45) is 0.499. The minimum Gasteiger partial charge on any atom is -0.497 e. The van der Waals surface area contributed by atoms with E-state index in [1.54, 1.807) is 31.4 Å². The Morgan fingerprint density at radius 2 is 1.88 bits per heavy atom. The van der Waals surface area contributed by atoms with Crippen LogP contribution in [0.4, 0.5) is 0 Å². The Bertz CT molecular complexity index is 437. The zero-order valence-corrected chi connectivity index (χ0v) is 11.0. The first-order valence-electron chi connectivity index (χ1n) is 5.52. The molecule has 1 rings (SSSR count). The van der Waals surface area contributed by atoms with Crippen molar-refractivity contribution < 1.29 is 13.2 Å². The van der Waals surface area contributed by atoms with Crippen LogP contribution in [0.2, 0.25) is 0 Å². The number of hydrogen-bond acceptors (Lipinski definition) is 4. The Balaban J connectivity index is 2.63. The molecule has 5 heteroatoms. The van der Waals surface area contributed by atoms with Crippen LogP contribution in [-0.2, 0) is 15.6 Å². The van der Waals surface area contributed by atoms with Crippen LogP contribution in [0.5, 0.6) is 5.75 Å². The van der Waals surface area contributed by atoms with E-state index in [-0.39, 0.29) is 17.5 Å². The highest BCUT2D eigenvalue weighted by atomic mass is 32.2. The van der Waals surface area contributed by atoms with Crippen LogP contribution >= 0.6 is 0 Å². The SMILES string of the molecule is COc1ccc(CS(=O)(=O)CCC(C)N)cc1. The van der Waals surface area contributed by atoms with E-state index in [1.165, 1.54) is 0 Å². The predicted octanol–water partition coefficient (Wildman–Crippen LogP) is 1.35. The second-order valence-corrected chi connectivity index (χ2v) is 6.39. The minimum absolute atomic E-state index is 0.0592. The van der Waals surface area contributed by atoms with E-state index in [9.17, 15) is 8.42 Å². The maximum Gasteiger partial charge on any atom is 0.154 e. The van der Waals surface area contributed by atoms with E-state index in [4.69, 9.17) is 10.5 Å². The fraction of sp³-hybridized carbons (Fsp3) is 0.500. The van der Waals surface area contributed by atoms with Gasteiger partial charge in [0, 0.05) is 6.04 Å². The van der Waals surface area contributed by atoms with Crippen LogP contribution in [0.1, 0.15) is 18.9 Å². The van der Waals surface area contributed by atoms with Gasteiger partial charge in [0.2, 0.25) is 0 Å². The van der Waals surface area contributed by atoms with Crippen LogP contribution in [0.3, 0.4) is 0 Å². The fourth-order valence-corrected chi connectivity index (χ4v) is 2.99. The zero-order chi connectivity index (χ0) is 12.9. The minimum atomic E-state index is -3.07. The maximum atomic E-state index is 11.8. The van der Waals surface area contributed by atoms with Crippen molar-refractivity contribution in [2.45, 2.75) is 25.1 Å². The average molecular weight is 257 g/mol. The molecule has 0 saturated heterocycles. The van der Waals surface area contributed by atoms with Crippen molar-refractivity contribution in [2.75, 3.05) is 12.9 Å². The van der Waals surface area contributed by atoms with Crippen molar-refractivity contribution in [1.82, 2.24) is 0 Å². The summed E-state index contributed by atoms with van der Waals surface area (Å²) in [5.41, 5.74) is 6.32. The average Bonchev–Trinajstić information content (AvgIpc) is 2.27. The fourth-order valence-electron chi connectivity index (χ4n) is 1.41. The third kappa shape index (κ3) is 5.19. The first-order valence-corrected chi connectivity index (χ1v) is 7.34. The number of sulfone groups is 1. The molecule has 4 nitrogen and oxygen atoms in total. The largest absolute Gasteiger partial charge is 0.497 e. The van der Waals surface area contributed by atoms with Crippen molar-refractivity contribution in [3.63, 3.8) is 0 Å². The van der Waals surface area contributed by atoms with Crippen LogP contribution in [-0.4, -0.2) is 27.3 Å². The Labute approximate surface area is 103 Å². The number of methoxy groups -OCH3 is 1. The highest BCUT2D eigenvalue weighted by molar-refractivity contribution is 7.90. The van der Waals surface area contributed by atoms with Gasteiger partial charge in [-0.15, -0.1) is 0 Å². The summed E-state index contributed by atoms with van der Waals surface area (Å²) < 4.78 is 28.6. The first-order chi connectivity index (χ1) is 7.93. The standard InChI is InChI=1S/C12H19NO3S/c1-10(13)7-8-17(14,15)9-11-3-5-12(16-2)6-4-11/h3-6,10H,7-9,13H2,1-2H3. The molecule has 1 unspecified atom stereocenters. The molecule has 2 N–H and O–H groups in total. The van der Waals surface area contributed by atoms with E-state index in [2.05, 4.69) is 0 Å². The molecule has 0 spiro atoms. The topological polar surface area (TPSA) is 69.4 Å². The quantitative estimate of drug-likeness (QED) is 0.835. The van der Waals surface area contributed by atoms with Crippen molar-refractivity contribution >= 4 is 9.84 Å². The van der Waals surface area contributed by atoms with Gasteiger partial charge in [-0.05, 0) is 31.0 Å². The van der Waals surface area contributed by atoms with E-state index in [0.29, 0.717) is 6.42 Å². The Morgan fingerprint density at radius 1 is 1.29 bits per heavy atom. The van der Waals surface area contributed by atoms with Gasteiger partial charge in [0.1, 0.15) is 5.75 Å². The highest BCUT2D eigenvalue weighted by Gasteiger charge is 2.12. The second-order valence-electron chi connectivity index (χ2n) is 4.21. The summed E-state index contributed by atoms with van der Waals surface area (Å²) in [5.74, 6) is 0.919. The number of rotatable bonds is 6. The van der Waals surface area contributed by atoms with E-state index >= 15 is 0 Å². The summed E-state index contributed by atoms with van der Waals surface area (Å²) in [4.78, 5) is 0. The molecule has 0 bridgehead atoms. The number of nitrogens with two attached hydrogens (primary N) is 1. The summed E-state index contributed by atoms with van der Waals surface area (Å²) in [6.45, 7) is 1.81. The lowest BCUT2D eigenvalue weighted by molar-refractivity contribution is 0.414. The lowest BCUT2D eigenvalue weighted by Gasteiger charge is -2.07. The monoisotopic (exact) mass is 257 g/mol. The lowest BCUT2D eigenvalue weighted by atomic mass is 10.2. The first kappa shape index (κ1) is 14.0. The van der Waals surface area contributed by atoms with Gasteiger partial charge in [-0.25, -0.2) is 8.42 Å². The maximum absolute atomic E-state index is 11.8. The number of hydrogen-bond donors (Lipinski definition) is 1. The van der Waals surface area contributed by atoms with Gasteiger partial charge >= 0.3 is 0 Å². The molecular weight excluding hydrogens is 238 g/mol. The van der Waals surface area contributed by atoms with Gasteiger partial charge in [-0.3, -0.25) is 0 Å². The van der Waals surface area contributed by atoms with Crippen molar-refractivity contribution in [3.05, 3.63) is 29.8 Å². The molecule has 0 amide bonds. The second kappa shape index (κ2) is 6.02. The normalized spacial score (nSPS) is 13.4. The molecule has 0 radical (unpaired) electrons. The third-order valence-corrected chi connectivity index (χ3v) is 4.06. The molecule has 1 atom stereocenters. The molecule has 0 saturated carbocycles. The molecule has 0 heterocycles. The van der Waals surface area contributed by atoms with Crippen LogP contribution in [0.15, 0.2) is 24.3 Å². The zero-order valence-electron chi connectivity index (χ0n) is 10.2. The Kier molecular flexibility index (Phi) is 4.96. The molecule has 1 aromatic carbocycles. The van der Waals surface area contributed by atoms with Crippen LogP contribution < -0.4 is 10.5 Å². The van der Waals surface area contributed by atoms with Gasteiger partial charge < -0.3 is 10.5 Å². The summed E-state index contributed by atoms with van der Waals surface area (Å²) in [5, 5.41) is 0. The number of benzene rings is 1. The summed E-state index contributed by atoms with van der Waals surface area (Å²) in [6, 6.07) is 6.97. The van der Waals surface area contributed by atoms with E-state index in [0.717, 1.165) is 11.3 Å². The molecular formula is C12H19NO3S. The molecule has 0 aliphatic rings. The lowest BCUT2D eigenvalue weighted by Crippen LogP contribution is -2.20. The van der Waals surface area contributed by atoms with E-state index < -0.39 is 9.84 Å². The molecule has 0 aliphatic heterocycles. The summed E-state index contributed by atoms with van der Waals surface area (Å²) in [7, 11) is -1.49. The smallest absolute Gasteiger partial charge is 0.154 e. The summed E-state index contributed by atoms with van der Waals surface area (Å²) >= 11 is 0. The molecule has 96 valence electrons. The van der Waals surface area contributed by atoms with Crippen LogP contribution in [0.25, 0.3) is 0 Å². The van der Waals surface area contributed by atoms with Gasteiger partial charge in [-0.2, -0.15) is 0 Å². The van der Waals surface area contributed by atoms with Gasteiger partial charge in [0.05, 0.1) is 18.6 Å². The van der Waals surface area contributed by atoms with Crippen molar-refractivity contribution in [1.29, 1.82) is 0 Å². The molecule has 0 aliphatic carbocycles. The van der Waals surface area contributed by atoms with E-state index in [1.807, 2.05) is 6.92 Å². The van der Waals surface area contributed by atoms with Crippen molar-refractivity contribution in [3.8, 4) is 5.75 Å². The van der Waals surface area contributed by atoms with Crippen LogP contribution in [0, 0.1) is 0 Å². The van der Waals surface area contributed by atoms with Gasteiger partial charge in [0.15, 0.2) is 9.84 Å². The van der Waals surface area contributed by atoms with Crippen molar-refractivity contribution in [2.24, 2.45) is 5.73 Å². The molecule has 1 aromatic rings.